The fourth-order valence-electron chi connectivity index (χ4n) is 3.55. The van der Waals surface area contributed by atoms with Gasteiger partial charge in [0.05, 0.1) is 12.8 Å². The number of allylic oxidation sites excluding steroid dienone is 1. The molecule has 0 aliphatic heterocycles. The van der Waals surface area contributed by atoms with E-state index >= 15 is 0 Å². The fourth-order valence-corrected chi connectivity index (χ4v) is 3.55. The first kappa shape index (κ1) is 17.8. The Morgan fingerprint density at radius 3 is 2.29 bits per heavy atom. The van der Waals surface area contributed by atoms with Crippen LogP contribution in [-0.4, -0.2) is 17.5 Å². The molecule has 0 amide bonds. The van der Waals surface area contributed by atoms with Gasteiger partial charge in [0.1, 0.15) is 5.75 Å². The first-order chi connectivity index (χ1) is 13.7. The first-order valence-electron chi connectivity index (χ1n) is 9.18. The normalized spacial score (nSPS) is 11.2. The Bertz CT molecular complexity index is 1150. The highest BCUT2D eigenvalue weighted by Crippen LogP contribution is 2.34. The minimum Gasteiger partial charge on any atom is -0.497 e. The van der Waals surface area contributed by atoms with E-state index in [2.05, 4.69) is 35.9 Å². The smallest absolute Gasteiger partial charge is 0.185 e. The molecule has 0 atom stereocenters. The number of ketones is 1. The van der Waals surface area contributed by atoms with Crippen molar-refractivity contribution in [2.45, 2.75) is 0 Å². The van der Waals surface area contributed by atoms with Crippen LogP contribution in [0.1, 0.15) is 15.9 Å². The molecule has 0 spiro atoms. The van der Waals surface area contributed by atoms with Crippen molar-refractivity contribution < 1.29 is 9.53 Å². The predicted molar refractivity (Wildman–Crippen MR) is 115 cm³/mol. The summed E-state index contributed by atoms with van der Waals surface area (Å²) in [6, 6.07) is 25.7. The van der Waals surface area contributed by atoms with Gasteiger partial charge in [-0.3, -0.25) is 4.79 Å². The molecule has 0 fully saturated rings. The number of hydrogen-bond acceptors (Lipinski definition) is 2. The molecule has 0 aliphatic carbocycles. The number of fused-ring (bicyclic) bond motifs is 1. The summed E-state index contributed by atoms with van der Waals surface area (Å²) in [6.45, 7) is 0. The highest BCUT2D eigenvalue weighted by Gasteiger charge is 2.14. The van der Waals surface area contributed by atoms with E-state index in [1.807, 2.05) is 36.4 Å². The Kier molecular flexibility index (Phi) is 4.81. The van der Waals surface area contributed by atoms with Crippen molar-refractivity contribution in [3.05, 3.63) is 96.1 Å². The number of ether oxygens (including phenoxy) is 1. The van der Waals surface area contributed by atoms with Crippen LogP contribution in [0.2, 0.25) is 0 Å². The number of aryl methyl sites for hydroxylation is 1. The summed E-state index contributed by atoms with van der Waals surface area (Å²) in [5.41, 5.74) is 5.04. The van der Waals surface area contributed by atoms with Gasteiger partial charge in [-0.05, 0) is 48.0 Å². The number of hydrogen-bond donors (Lipinski definition) is 0. The van der Waals surface area contributed by atoms with Crippen LogP contribution >= 0.6 is 0 Å². The summed E-state index contributed by atoms with van der Waals surface area (Å²) in [5.74, 6) is 0.704. The van der Waals surface area contributed by atoms with Crippen LogP contribution < -0.4 is 4.74 Å². The lowest BCUT2D eigenvalue weighted by molar-refractivity contribution is 0.104. The van der Waals surface area contributed by atoms with Crippen LogP contribution in [-0.2, 0) is 7.05 Å². The molecule has 1 heterocycles. The zero-order valence-electron chi connectivity index (χ0n) is 15.9. The summed E-state index contributed by atoms with van der Waals surface area (Å²) in [4.78, 5) is 12.7. The van der Waals surface area contributed by atoms with Gasteiger partial charge in [0, 0.05) is 29.1 Å². The Labute approximate surface area is 164 Å². The minimum atomic E-state index is -0.0328. The topological polar surface area (TPSA) is 31.2 Å². The monoisotopic (exact) mass is 367 g/mol. The Hall–Kier alpha value is -3.59. The van der Waals surface area contributed by atoms with Gasteiger partial charge in [-0.1, -0.05) is 48.5 Å². The van der Waals surface area contributed by atoms with Gasteiger partial charge in [0.15, 0.2) is 5.78 Å². The Morgan fingerprint density at radius 2 is 1.57 bits per heavy atom. The Balaban J connectivity index is 1.79. The van der Waals surface area contributed by atoms with Crippen molar-refractivity contribution >= 4 is 22.8 Å². The lowest BCUT2D eigenvalue weighted by Gasteiger charge is -2.06. The van der Waals surface area contributed by atoms with E-state index in [0.717, 1.165) is 33.5 Å². The molecule has 0 radical (unpaired) electrons. The maximum absolute atomic E-state index is 12.7. The molecule has 0 N–H and O–H groups in total. The van der Waals surface area contributed by atoms with Gasteiger partial charge in [0.25, 0.3) is 0 Å². The van der Waals surface area contributed by atoms with Crippen molar-refractivity contribution in [2.24, 2.45) is 7.05 Å². The van der Waals surface area contributed by atoms with Gasteiger partial charge in [0.2, 0.25) is 0 Å². The number of para-hydroxylation sites is 1. The SMILES string of the molecule is COc1ccc(C(=O)/C=C/c2c(-c3ccccc3)n(C)c3ccccc23)cc1. The second-order valence-corrected chi connectivity index (χ2v) is 6.63. The summed E-state index contributed by atoms with van der Waals surface area (Å²) < 4.78 is 7.34. The Morgan fingerprint density at radius 1 is 0.893 bits per heavy atom. The second kappa shape index (κ2) is 7.57. The third kappa shape index (κ3) is 3.23. The van der Waals surface area contributed by atoms with Gasteiger partial charge in [-0.15, -0.1) is 0 Å². The van der Waals surface area contributed by atoms with Gasteiger partial charge in [-0.25, -0.2) is 0 Å². The average Bonchev–Trinajstić information content (AvgIpc) is 3.04. The van der Waals surface area contributed by atoms with E-state index in [-0.39, 0.29) is 5.78 Å². The van der Waals surface area contributed by atoms with Gasteiger partial charge in [-0.2, -0.15) is 0 Å². The molecule has 138 valence electrons. The summed E-state index contributed by atoms with van der Waals surface area (Å²) in [7, 11) is 3.68. The lowest BCUT2D eigenvalue weighted by Crippen LogP contribution is -1.95. The molecule has 0 saturated carbocycles. The molecule has 0 saturated heterocycles. The highest BCUT2D eigenvalue weighted by atomic mass is 16.5. The van der Waals surface area contributed by atoms with Gasteiger partial charge >= 0.3 is 0 Å². The van der Waals surface area contributed by atoms with Crippen molar-refractivity contribution in [1.29, 1.82) is 0 Å². The van der Waals surface area contributed by atoms with Crippen molar-refractivity contribution in [3.8, 4) is 17.0 Å². The lowest BCUT2D eigenvalue weighted by atomic mass is 10.0. The maximum Gasteiger partial charge on any atom is 0.185 e. The molecular weight excluding hydrogens is 346 g/mol. The average molecular weight is 367 g/mol. The molecule has 4 rings (SSSR count). The number of carbonyl (C=O) groups excluding carboxylic acids is 1. The molecule has 3 heteroatoms. The third-order valence-electron chi connectivity index (χ3n) is 4.97. The molecule has 1 aromatic heterocycles. The number of nitrogens with zero attached hydrogens (tertiary/aromatic N) is 1. The number of aromatic nitrogens is 1. The fraction of sp³-hybridized carbons (Fsp3) is 0.0800. The summed E-state index contributed by atoms with van der Waals surface area (Å²) in [6.07, 6.45) is 3.58. The van der Waals surface area contributed by atoms with Crippen LogP contribution in [0.25, 0.3) is 28.2 Å². The van der Waals surface area contributed by atoms with Crippen LogP contribution in [0.5, 0.6) is 5.75 Å². The van der Waals surface area contributed by atoms with Crippen LogP contribution in [0.15, 0.2) is 84.9 Å². The predicted octanol–water partition coefficient (Wildman–Crippen LogP) is 5.75. The van der Waals surface area contributed by atoms with E-state index in [0.29, 0.717) is 5.56 Å². The van der Waals surface area contributed by atoms with Crippen LogP contribution in [0.4, 0.5) is 0 Å². The van der Waals surface area contributed by atoms with Crippen LogP contribution in [0, 0.1) is 0 Å². The molecule has 28 heavy (non-hydrogen) atoms. The quantitative estimate of drug-likeness (QED) is 0.332. The summed E-state index contributed by atoms with van der Waals surface area (Å²) >= 11 is 0. The van der Waals surface area contributed by atoms with Crippen LogP contribution in [0.3, 0.4) is 0 Å². The third-order valence-corrected chi connectivity index (χ3v) is 4.97. The summed E-state index contributed by atoms with van der Waals surface area (Å²) in [5, 5.41) is 1.13. The van der Waals surface area contributed by atoms with E-state index in [1.165, 1.54) is 0 Å². The van der Waals surface area contributed by atoms with E-state index in [4.69, 9.17) is 4.74 Å². The second-order valence-electron chi connectivity index (χ2n) is 6.63. The number of benzene rings is 3. The van der Waals surface area contributed by atoms with E-state index in [9.17, 15) is 4.79 Å². The molecule has 4 aromatic rings. The molecule has 0 unspecified atom stereocenters. The van der Waals surface area contributed by atoms with E-state index < -0.39 is 0 Å². The van der Waals surface area contributed by atoms with Crippen molar-refractivity contribution in [2.75, 3.05) is 7.11 Å². The molecule has 0 aliphatic rings. The molecular formula is C25H21NO2. The molecule has 0 bridgehead atoms. The minimum absolute atomic E-state index is 0.0328. The number of methoxy groups -OCH3 is 1. The van der Waals surface area contributed by atoms with E-state index in [1.54, 1.807) is 37.5 Å². The maximum atomic E-state index is 12.7. The first-order valence-corrected chi connectivity index (χ1v) is 9.18. The molecule has 3 nitrogen and oxygen atoms in total. The number of carbonyl (C=O) groups is 1. The zero-order valence-corrected chi connectivity index (χ0v) is 15.9. The molecule has 3 aromatic carbocycles. The number of rotatable bonds is 5. The van der Waals surface area contributed by atoms with Crippen molar-refractivity contribution in [3.63, 3.8) is 0 Å². The van der Waals surface area contributed by atoms with Gasteiger partial charge < -0.3 is 9.30 Å². The van der Waals surface area contributed by atoms with Crippen molar-refractivity contribution in [1.82, 2.24) is 4.57 Å². The highest BCUT2D eigenvalue weighted by molar-refractivity contribution is 6.09. The zero-order chi connectivity index (χ0) is 19.5. The standard InChI is InChI=1S/C25H21NO2/c1-26-23-11-7-6-10-21(23)22(25(26)19-8-4-3-5-9-19)16-17-24(27)18-12-14-20(28-2)15-13-18/h3-17H,1-2H3/b17-16+. The largest absolute Gasteiger partial charge is 0.497 e.